The van der Waals surface area contributed by atoms with E-state index in [4.69, 9.17) is 14.5 Å². The highest BCUT2D eigenvalue weighted by molar-refractivity contribution is 5.69. The van der Waals surface area contributed by atoms with E-state index >= 15 is 0 Å². The van der Waals surface area contributed by atoms with Crippen molar-refractivity contribution in [3.05, 3.63) is 30.2 Å². The van der Waals surface area contributed by atoms with Gasteiger partial charge in [0, 0.05) is 37.4 Å². The van der Waals surface area contributed by atoms with Crippen LogP contribution in [0.2, 0.25) is 0 Å². The minimum atomic E-state index is 0.189. The Bertz CT molecular complexity index is 1160. The number of likely N-dealkylation sites (tertiary alicyclic amines) is 1. The molecule has 34 heavy (non-hydrogen) atoms. The van der Waals surface area contributed by atoms with Crippen molar-refractivity contribution in [2.24, 2.45) is 5.92 Å². The van der Waals surface area contributed by atoms with Gasteiger partial charge in [0.25, 0.3) is 0 Å². The predicted octanol–water partition coefficient (Wildman–Crippen LogP) is 4.59. The average Bonchev–Trinajstić information content (AvgIpc) is 3.33. The maximum Gasteiger partial charge on any atom is 0.178 e. The summed E-state index contributed by atoms with van der Waals surface area (Å²) in [6.45, 7) is 16.4. The summed E-state index contributed by atoms with van der Waals surface area (Å²) in [5.41, 5.74) is 1.81. The first-order valence-electron chi connectivity index (χ1n) is 12.5. The molecule has 0 amide bonds. The summed E-state index contributed by atoms with van der Waals surface area (Å²) in [4.78, 5) is 12.1. The molecule has 2 unspecified atom stereocenters. The molecule has 3 aromatic rings. The Balaban J connectivity index is 1.42. The van der Waals surface area contributed by atoms with E-state index < -0.39 is 0 Å². The van der Waals surface area contributed by atoms with E-state index in [1.165, 1.54) is 0 Å². The van der Waals surface area contributed by atoms with Crippen molar-refractivity contribution in [2.45, 2.75) is 72.7 Å². The largest absolute Gasteiger partial charge is 0.491 e. The fourth-order valence-corrected chi connectivity index (χ4v) is 5.04. The zero-order chi connectivity index (χ0) is 24.0. The maximum absolute atomic E-state index is 6.45. The van der Waals surface area contributed by atoms with Gasteiger partial charge in [0.2, 0.25) is 0 Å². The molecular weight excluding hydrogens is 428 g/mol. The Kier molecular flexibility index (Phi) is 6.10. The van der Waals surface area contributed by atoms with Crippen LogP contribution in [0.1, 0.15) is 52.9 Å². The Hall–Kier alpha value is -2.87. The predicted molar refractivity (Wildman–Crippen MR) is 132 cm³/mol. The van der Waals surface area contributed by atoms with Gasteiger partial charge in [0.15, 0.2) is 5.82 Å². The molecule has 1 aromatic carbocycles. The first-order chi connectivity index (χ1) is 16.3. The molecule has 0 N–H and O–H groups in total. The minimum Gasteiger partial charge on any atom is -0.491 e. The summed E-state index contributed by atoms with van der Waals surface area (Å²) >= 11 is 0. The van der Waals surface area contributed by atoms with Crippen molar-refractivity contribution in [2.75, 3.05) is 19.7 Å². The summed E-state index contributed by atoms with van der Waals surface area (Å²) in [6.07, 6.45) is 3.32. The van der Waals surface area contributed by atoms with Gasteiger partial charge in [-0.3, -0.25) is 4.90 Å². The van der Waals surface area contributed by atoms with Crippen molar-refractivity contribution in [3.63, 3.8) is 0 Å². The van der Waals surface area contributed by atoms with Crippen LogP contribution in [0.3, 0.4) is 0 Å². The third-order valence-corrected chi connectivity index (χ3v) is 6.70. The zero-order valence-corrected chi connectivity index (χ0v) is 21.2. The Labute approximate surface area is 201 Å². The van der Waals surface area contributed by atoms with Crippen molar-refractivity contribution >= 4 is 0 Å². The lowest BCUT2D eigenvalue weighted by atomic mass is 9.96. The highest BCUT2D eigenvalue weighted by atomic mass is 16.5. The number of aryl methyl sites for hydroxylation is 1. The molecule has 0 radical (unpaired) electrons. The molecule has 2 aromatic heterocycles. The molecule has 182 valence electrons. The molecule has 0 bridgehead atoms. The van der Waals surface area contributed by atoms with Gasteiger partial charge in [0.05, 0.1) is 12.1 Å². The molecule has 0 aliphatic carbocycles. The average molecular weight is 465 g/mol. The summed E-state index contributed by atoms with van der Waals surface area (Å²) in [7, 11) is 0. The first kappa shape index (κ1) is 22.9. The van der Waals surface area contributed by atoms with Gasteiger partial charge >= 0.3 is 0 Å². The van der Waals surface area contributed by atoms with E-state index in [1.54, 1.807) is 0 Å². The van der Waals surface area contributed by atoms with E-state index in [-0.39, 0.29) is 12.1 Å². The fraction of sp³-hybridized carbons (Fsp3) is 0.577. The Morgan fingerprint density at radius 1 is 1.06 bits per heavy atom. The van der Waals surface area contributed by atoms with Gasteiger partial charge in [-0.15, -0.1) is 0 Å². The Morgan fingerprint density at radius 3 is 2.65 bits per heavy atom. The van der Waals surface area contributed by atoms with Crippen LogP contribution < -0.4 is 9.47 Å². The van der Waals surface area contributed by atoms with Crippen LogP contribution >= 0.6 is 0 Å². The van der Waals surface area contributed by atoms with E-state index in [9.17, 15) is 0 Å². The monoisotopic (exact) mass is 464 g/mol. The second-order valence-electron chi connectivity index (χ2n) is 10.3. The lowest BCUT2D eigenvalue weighted by Crippen LogP contribution is -2.47. The van der Waals surface area contributed by atoms with Gasteiger partial charge in [-0.05, 0) is 59.1 Å². The number of ether oxygens (including phenoxy) is 2. The maximum atomic E-state index is 6.45. The van der Waals surface area contributed by atoms with Crippen LogP contribution in [0.25, 0.3) is 22.9 Å². The minimum absolute atomic E-state index is 0.189. The first-order valence-corrected chi connectivity index (χ1v) is 12.5. The third-order valence-electron chi connectivity index (χ3n) is 6.70. The molecule has 2 atom stereocenters. The Morgan fingerprint density at radius 2 is 1.88 bits per heavy atom. The fourth-order valence-electron chi connectivity index (χ4n) is 5.04. The topological polar surface area (TPSA) is 70.2 Å². The highest BCUT2D eigenvalue weighted by Gasteiger charge is 2.28. The number of hydrogen-bond donors (Lipinski definition) is 0. The van der Waals surface area contributed by atoms with E-state index in [1.807, 2.05) is 23.7 Å². The van der Waals surface area contributed by atoms with Crippen LogP contribution in [0.4, 0.5) is 0 Å². The van der Waals surface area contributed by atoms with Gasteiger partial charge in [-0.25, -0.2) is 14.6 Å². The van der Waals surface area contributed by atoms with Gasteiger partial charge < -0.3 is 14.0 Å². The van der Waals surface area contributed by atoms with Gasteiger partial charge in [-0.1, -0.05) is 6.92 Å². The standard InChI is InChI=1S/C26H36N6O2/c1-16(2)31-13-18(5)11-21(14-31)34-20-7-8-22-24(12-20)33-10-9-30-15-23(28-25(22)30)26-27-19(6)29-32(26)17(3)4/h7-8,12,15-18,21H,9-11,13-14H2,1-6H3. The lowest BCUT2D eigenvalue weighted by molar-refractivity contribution is 0.0439. The number of benzene rings is 1. The summed E-state index contributed by atoms with van der Waals surface area (Å²) in [5, 5.41) is 4.56. The molecule has 8 heteroatoms. The normalized spacial score (nSPS) is 20.7. The zero-order valence-electron chi connectivity index (χ0n) is 21.2. The van der Waals surface area contributed by atoms with Crippen LogP contribution in [-0.4, -0.2) is 61.1 Å². The highest BCUT2D eigenvalue weighted by Crippen LogP contribution is 2.37. The van der Waals surface area contributed by atoms with Crippen LogP contribution in [0, 0.1) is 12.8 Å². The lowest BCUT2D eigenvalue weighted by Gasteiger charge is -2.38. The summed E-state index contributed by atoms with van der Waals surface area (Å²) in [6, 6.07) is 6.89. The smallest absolute Gasteiger partial charge is 0.178 e. The molecule has 4 heterocycles. The molecule has 1 saturated heterocycles. The van der Waals surface area contributed by atoms with Crippen molar-refractivity contribution in [1.29, 1.82) is 0 Å². The quantitative estimate of drug-likeness (QED) is 0.550. The number of nitrogens with zero attached hydrogens (tertiary/aromatic N) is 6. The second-order valence-corrected chi connectivity index (χ2v) is 10.3. The van der Waals surface area contributed by atoms with Gasteiger partial charge in [0.1, 0.15) is 41.6 Å². The van der Waals surface area contributed by atoms with Crippen LogP contribution in [0.15, 0.2) is 24.4 Å². The molecule has 1 fully saturated rings. The van der Waals surface area contributed by atoms with Crippen LogP contribution in [0.5, 0.6) is 11.5 Å². The van der Waals surface area contributed by atoms with Crippen molar-refractivity contribution in [3.8, 4) is 34.4 Å². The number of piperidine rings is 1. The second kappa shape index (κ2) is 9.06. The van der Waals surface area contributed by atoms with Crippen molar-refractivity contribution in [1.82, 2.24) is 29.2 Å². The summed E-state index contributed by atoms with van der Waals surface area (Å²) in [5.74, 6) is 4.75. The van der Waals surface area contributed by atoms with E-state index in [2.05, 4.69) is 66.4 Å². The molecule has 2 aliphatic rings. The molecule has 8 nitrogen and oxygen atoms in total. The number of rotatable bonds is 5. The number of imidazole rings is 1. The van der Waals surface area contributed by atoms with Crippen molar-refractivity contribution < 1.29 is 9.47 Å². The molecule has 0 saturated carbocycles. The van der Waals surface area contributed by atoms with Crippen LogP contribution in [-0.2, 0) is 6.54 Å². The molecule has 2 aliphatic heterocycles. The SMILES string of the molecule is Cc1nc(-c2cn3c(n2)-c2ccc(OC4CC(C)CN(C(C)C)C4)cc2OCC3)n(C(C)C)n1. The molecule has 0 spiro atoms. The summed E-state index contributed by atoms with van der Waals surface area (Å²) < 4.78 is 16.7. The van der Waals surface area contributed by atoms with E-state index in [0.717, 1.165) is 66.3 Å². The third kappa shape index (κ3) is 4.43. The number of hydrogen-bond acceptors (Lipinski definition) is 6. The van der Waals surface area contributed by atoms with Gasteiger partial charge in [-0.2, -0.15) is 5.10 Å². The number of fused-ring (bicyclic) bond motifs is 3. The molecular formula is C26H36N6O2. The van der Waals surface area contributed by atoms with E-state index in [0.29, 0.717) is 18.6 Å². The molecule has 5 rings (SSSR count). The number of aromatic nitrogens is 5.